The monoisotopic (exact) mass is 287 g/mol. The van der Waals surface area contributed by atoms with Crippen LogP contribution in [0.5, 0.6) is 11.5 Å². The molecule has 3 heteroatoms. The van der Waals surface area contributed by atoms with Crippen LogP contribution in [0.15, 0.2) is 30.4 Å². The standard InChI is InChI=1S/C18H25NO2/c1-4-21-17-8-7-15(11-18(17)20-3)19-12(2)16-10-13-5-6-14(16)9-13/h5-8,11-14,16,19H,4,9-10H2,1-3H3. The fraction of sp³-hybridized carbons (Fsp3) is 0.556. The lowest BCUT2D eigenvalue weighted by Crippen LogP contribution is -2.28. The van der Waals surface area contributed by atoms with Gasteiger partial charge in [0.2, 0.25) is 0 Å². The first kappa shape index (κ1) is 14.3. The van der Waals surface area contributed by atoms with Crippen molar-refractivity contribution in [3.63, 3.8) is 0 Å². The molecule has 4 atom stereocenters. The fourth-order valence-corrected chi connectivity index (χ4v) is 3.80. The van der Waals surface area contributed by atoms with Gasteiger partial charge in [-0.15, -0.1) is 0 Å². The van der Waals surface area contributed by atoms with E-state index in [-0.39, 0.29) is 0 Å². The Bertz CT molecular complexity index is 526. The zero-order valence-corrected chi connectivity index (χ0v) is 13.1. The summed E-state index contributed by atoms with van der Waals surface area (Å²) in [6, 6.07) is 6.57. The van der Waals surface area contributed by atoms with Crippen LogP contribution in [0, 0.1) is 17.8 Å². The van der Waals surface area contributed by atoms with Gasteiger partial charge in [-0.25, -0.2) is 0 Å². The number of rotatable bonds is 6. The largest absolute Gasteiger partial charge is 0.493 e. The van der Waals surface area contributed by atoms with Gasteiger partial charge in [-0.2, -0.15) is 0 Å². The lowest BCUT2D eigenvalue weighted by molar-refractivity contribution is 0.311. The molecule has 0 amide bonds. The average Bonchev–Trinajstić information content (AvgIpc) is 3.11. The summed E-state index contributed by atoms with van der Waals surface area (Å²) in [7, 11) is 1.69. The van der Waals surface area contributed by atoms with Crippen molar-refractivity contribution in [1.29, 1.82) is 0 Å². The summed E-state index contributed by atoms with van der Waals surface area (Å²) in [6.45, 7) is 4.93. The van der Waals surface area contributed by atoms with E-state index >= 15 is 0 Å². The predicted molar refractivity (Wildman–Crippen MR) is 86.1 cm³/mol. The molecule has 0 radical (unpaired) electrons. The number of hydrogen-bond acceptors (Lipinski definition) is 3. The Morgan fingerprint density at radius 1 is 1.24 bits per heavy atom. The van der Waals surface area contributed by atoms with Crippen molar-refractivity contribution in [2.45, 2.75) is 32.7 Å². The van der Waals surface area contributed by atoms with Crippen LogP contribution in [0.2, 0.25) is 0 Å². The van der Waals surface area contributed by atoms with Crippen LogP contribution >= 0.6 is 0 Å². The van der Waals surface area contributed by atoms with E-state index in [2.05, 4.69) is 30.5 Å². The molecular formula is C18H25NO2. The van der Waals surface area contributed by atoms with Gasteiger partial charge in [0, 0.05) is 17.8 Å². The minimum Gasteiger partial charge on any atom is -0.493 e. The molecular weight excluding hydrogens is 262 g/mol. The van der Waals surface area contributed by atoms with Crippen molar-refractivity contribution in [2.75, 3.05) is 19.0 Å². The molecule has 0 saturated heterocycles. The topological polar surface area (TPSA) is 30.5 Å². The third-order valence-electron chi connectivity index (χ3n) is 4.83. The SMILES string of the molecule is CCOc1ccc(NC(C)C2CC3C=CC2C3)cc1OC. The van der Waals surface area contributed by atoms with E-state index in [9.17, 15) is 0 Å². The Morgan fingerprint density at radius 2 is 2.10 bits per heavy atom. The van der Waals surface area contributed by atoms with Gasteiger partial charge in [-0.3, -0.25) is 0 Å². The van der Waals surface area contributed by atoms with Crippen LogP contribution in [0.3, 0.4) is 0 Å². The molecule has 3 nitrogen and oxygen atoms in total. The predicted octanol–water partition coefficient (Wildman–Crippen LogP) is 4.11. The summed E-state index contributed by atoms with van der Waals surface area (Å²) in [5, 5.41) is 3.64. The van der Waals surface area contributed by atoms with Gasteiger partial charge in [0.05, 0.1) is 13.7 Å². The highest BCUT2D eigenvalue weighted by Gasteiger charge is 2.38. The third-order valence-corrected chi connectivity index (χ3v) is 4.83. The van der Waals surface area contributed by atoms with Gasteiger partial charge >= 0.3 is 0 Å². The van der Waals surface area contributed by atoms with Gasteiger partial charge in [-0.05, 0) is 56.6 Å². The first-order chi connectivity index (χ1) is 10.2. The molecule has 4 unspecified atom stereocenters. The Kier molecular flexibility index (Phi) is 4.09. The van der Waals surface area contributed by atoms with E-state index in [0.717, 1.165) is 34.9 Å². The molecule has 2 aliphatic carbocycles. The lowest BCUT2D eigenvalue weighted by atomic mass is 9.87. The second-order valence-corrected chi connectivity index (χ2v) is 6.18. The summed E-state index contributed by atoms with van der Waals surface area (Å²) in [6.07, 6.45) is 7.48. The molecule has 0 spiro atoms. The smallest absolute Gasteiger partial charge is 0.162 e. The van der Waals surface area contributed by atoms with Gasteiger partial charge in [0.25, 0.3) is 0 Å². The number of nitrogens with one attached hydrogen (secondary N) is 1. The third kappa shape index (κ3) is 2.87. The Hall–Kier alpha value is -1.64. The van der Waals surface area contributed by atoms with Crippen molar-refractivity contribution < 1.29 is 9.47 Å². The number of benzene rings is 1. The van der Waals surface area contributed by atoms with Crippen molar-refractivity contribution in [2.24, 2.45) is 17.8 Å². The zero-order chi connectivity index (χ0) is 14.8. The van der Waals surface area contributed by atoms with Crippen LogP contribution in [-0.4, -0.2) is 19.8 Å². The summed E-state index contributed by atoms with van der Waals surface area (Å²) in [5.41, 5.74) is 1.11. The van der Waals surface area contributed by atoms with Crippen LogP contribution < -0.4 is 14.8 Å². The maximum absolute atomic E-state index is 5.57. The summed E-state index contributed by atoms with van der Waals surface area (Å²) >= 11 is 0. The maximum Gasteiger partial charge on any atom is 0.162 e. The second kappa shape index (κ2) is 6.00. The van der Waals surface area contributed by atoms with E-state index in [4.69, 9.17) is 9.47 Å². The number of allylic oxidation sites excluding steroid dienone is 2. The minimum atomic E-state index is 0.479. The molecule has 21 heavy (non-hydrogen) atoms. The van der Waals surface area contributed by atoms with Gasteiger partial charge in [0.15, 0.2) is 11.5 Å². The molecule has 1 saturated carbocycles. The Morgan fingerprint density at radius 3 is 2.71 bits per heavy atom. The van der Waals surface area contributed by atoms with Crippen LogP contribution in [0.25, 0.3) is 0 Å². The molecule has 2 bridgehead atoms. The average molecular weight is 287 g/mol. The van der Waals surface area contributed by atoms with E-state index in [1.54, 1.807) is 7.11 Å². The second-order valence-electron chi connectivity index (χ2n) is 6.18. The van der Waals surface area contributed by atoms with Gasteiger partial charge in [-0.1, -0.05) is 12.2 Å². The van der Waals surface area contributed by atoms with E-state index in [1.165, 1.54) is 12.8 Å². The normalized spacial score (nSPS) is 27.7. The number of methoxy groups -OCH3 is 1. The quantitative estimate of drug-likeness (QED) is 0.799. The van der Waals surface area contributed by atoms with Crippen LogP contribution in [0.4, 0.5) is 5.69 Å². The number of ether oxygens (including phenoxy) is 2. The Balaban J connectivity index is 1.68. The zero-order valence-electron chi connectivity index (χ0n) is 13.1. The highest BCUT2D eigenvalue weighted by Crippen LogP contribution is 2.45. The van der Waals surface area contributed by atoms with Gasteiger partial charge in [0.1, 0.15) is 0 Å². The van der Waals surface area contributed by atoms with E-state index in [0.29, 0.717) is 12.6 Å². The molecule has 0 aromatic heterocycles. The van der Waals surface area contributed by atoms with Crippen molar-refractivity contribution in [3.05, 3.63) is 30.4 Å². The van der Waals surface area contributed by atoms with Crippen molar-refractivity contribution >= 4 is 5.69 Å². The molecule has 2 aliphatic rings. The molecule has 0 aliphatic heterocycles. The number of hydrogen-bond donors (Lipinski definition) is 1. The molecule has 1 aromatic carbocycles. The number of anilines is 1. The van der Waals surface area contributed by atoms with E-state index in [1.807, 2.05) is 19.1 Å². The first-order valence-corrected chi connectivity index (χ1v) is 7.97. The lowest BCUT2D eigenvalue weighted by Gasteiger charge is -2.27. The number of fused-ring (bicyclic) bond motifs is 2. The highest BCUT2D eigenvalue weighted by atomic mass is 16.5. The summed E-state index contributed by atoms with van der Waals surface area (Å²) in [5.74, 6) is 3.93. The highest BCUT2D eigenvalue weighted by molar-refractivity contribution is 5.55. The molecule has 0 heterocycles. The van der Waals surface area contributed by atoms with Crippen molar-refractivity contribution in [3.8, 4) is 11.5 Å². The van der Waals surface area contributed by atoms with Crippen LogP contribution in [-0.2, 0) is 0 Å². The fourth-order valence-electron chi connectivity index (χ4n) is 3.80. The van der Waals surface area contributed by atoms with Crippen molar-refractivity contribution in [1.82, 2.24) is 0 Å². The molecule has 1 fully saturated rings. The van der Waals surface area contributed by atoms with Crippen LogP contribution in [0.1, 0.15) is 26.7 Å². The molecule has 114 valence electrons. The first-order valence-electron chi connectivity index (χ1n) is 7.97. The van der Waals surface area contributed by atoms with E-state index < -0.39 is 0 Å². The minimum absolute atomic E-state index is 0.479. The molecule has 3 rings (SSSR count). The summed E-state index contributed by atoms with van der Waals surface area (Å²) < 4.78 is 11.0. The summed E-state index contributed by atoms with van der Waals surface area (Å²) in [4.78, 5) is 0. The molecule has 1 N–H and O–H groups in total. The maximum atomic E-state index is 5.57. The Labute approximate surface area is 127 Å². The van der Waals surface area contributed by atoms with Gasteiger partial charge < -0.3 is 14.8 Å². The molecule has 1 aromatic rings.